The maximum atomic E-state index is 12.6. The van der Waals surface area contributed by atoms with Crippen molar-refractivity contribution >= 4 is 33.5 Å². The number of carbonyl (C=O) groups is 1. The van der Waals surface area contributed by atoms with Crippen LogP contribution in [0.1, 0.15) is 24.0 Å². The molecule has 1 aliphatic heterocycles. The quantitative estimate of drug-likeness (QED) is 0.697. The Bertz CT molecular complexity index is 1090. The lowest BCUT2D eigenvalue weighted by Crippen LogP contribution is -2.29. The Labute approximate surface area is 171 Å². The number of amides is 1. The molecule has 0 aromatic heterocycles. The van der Waals surface area contributed by atoms with Crippen molar-refractivity contribution in [3.63, 3.8) is 0 Å². The number of alkyl halides is 3. The fraction of sp³-hybridized carbons (Fsp3) is 0.200. The zero-order valence-corrected chi connectivity index (χ0v) is 16.4. The second kappa shape index (κ2) is 8.70. The van der Waals surface area contributed by atoms with E-state index in [-0.39, 0.29) is 10.6 Å². The van der Waals surface area contributed by atoms with Crippen LogP contribution < -0.4 is 10.0 Å². The van der Waals surface area contributed by atoms with Crippen molar-refractivity contribution in [3.8, 4) is 0 Å². The molecule has 2 aromatic carbocycles. The number of sulfonamides is 1. The van der Waals surface area contributed by atoms with Gasteiger partial charge in [-0.05, 0) is 48.4 Å². The fourth-order valence-corrected chi connectivity index (χ4v) is 3.85. The highest BCUT2D eigenvalue weighted by Crippen LogP contribution is 2.29. The van der Waals surface area contributed by atoms with E-state index in [4.69, 9.17) is 0 Å². The van der Waals surface area contributed by atoms with Crippen molar-refractivity contribution in [2.75, 3.05) is 11.9 Å². The van der Waals surface area contributed by atoms with Gasteiger partial charge in [0.05, 0.1) is 10.5 Å². The van der Waals surface area contributed by atoms with Crippen LogP contribution in [0.25, 0.3) is 6.08 Å². The number of halogens is 3. The molecule has 30 heavy (non-hydrogen) atoms. The number of hydrogen-bond acceptors (Lipinski definition) is 4. The summed E-state index contributed by atoms with van der Waals surface area (Å²) in [7, 11) is -3.82. The first kappa shape index (κ1) is 21.6. The SMILES string of the molecule is O=C(/C=C/c1ccc(C(F)(F)F)cc1)Nc1cccc(S(=O)(=O)NC2=NCCC2)c1. The molecule has 2 aromatic rings. The number of amidine groups is 1. The van der Waals surface area contributed by atoms with Gasteiger partial charge in [0, 0.05) is 24.7 Å². The maximum absolute atomic E-state index is 12.6. The molecular weight excluding hydrogens is 419 g/mol. The van der Waals surface area contributed by atoms with E-state index in [0.717, 1.165) is 24.6 Å². The van der Waals surface area contributed by atoms with E-state index >= 15 is 0 Å². The van der Waals surface area contributed by atoms with Crippen LogP contribution in [0, 0.1) is 0 Å². The number of nitrogens with zero attached hydrogens (tertiary/aromatic N) is 1. The van der Waals surface area contributed by atoms with Crippen LogP contribution in [-0.4, -0.2) is 26.7 Å². The Balaban J connectivity index is 1.65. The standard InChI is InChI=1S/C20H18F3N3O3S/c21-20(22,23)15-9-6-14(7-10-15)8-11-19(27)25-16-3-1-4-17(13-16)30(28,29)26-18-5-2-12-24-18/h1,3-4,6-11,13H,2,5,12H2,(H,24,26)(H,25,27)/b11-8+. The van der Waals surface area contributed by atoms with Gasteiger partial charge in [0.2, 0.25) is 5.91 Å². The summed E-state index contributed by atoms with van der Waals surface area (Å²) in [5.74, 6) is -0.151. The lowest BCUT2D eigenvalue weighted by molar-refractivity contribution is -0.137. The van der Waals surface area contributed by atoms with E-state index in [1.165, 1.54) is 42.5 Å². The highest BCUT2D eigenvalue weighted by molar-refractivity contribution is 7.90. The lowest BCUT2D eigenvalue weighted by atomic mass is 10.1. The fourth-order valence-electron chi connectivity index (χ4n) is 2.72. The third-order valence-corrected chi connectivity index (χ3v) is 5.58. The van der Waals surface area contributed by atoms with Gasteiger partial charge < -0.3 is 5.32 Å². The zero-order valence-electron chi connectivity index (χ0n) is 15.6. The Hall–Kier alpha value is -3.14. The zero-order chi connectivity index (χ0) is 21.8. The minimum Gasteiger partial charge on any atom is -0.322 e. The molecule has 0 bridgehead atoms. The van der Waals surface area contributed by atoms with Crippen LogP contribution in [0.15, 0.2) is 64.5 Å². The smallest absolute Gasteiger partial charge is 0.322 e. The molecule has 1 amide bonds. The molecule has 0 atom stereocenters. The molecular formula is C20H18F3N3O3S. The molecule has 158 valence electrons. The molecule has 1 aliphatic rings. The molecule has 0 fully saturated rings. The Morgan fingerprint density at radius 2 is 1.83 bits per heavy atom. The van der Waals surface area contributed by atoms with Crippen LogP contribution in [0.4, 0.5) is 18.9 Å². The van der Waals surface area contributed by atoms with Gasteiger partial charge in [0.15, 0.2) is 0 Å². The number of benzene rings is 2. The highest BCUT2D eigenvalue weighted by atomic mass is 32.2. The highest BCUT2D eigenvalue weighted by Gasteiger charge is 2.29. The van der Waals surface area contributed by atoms with E-state index in [9.17, 15) is 26.4 Å². The molecule has 0 saturated carbocycles. The molecule has 3 rings (SSSR count). The van der Waals surface area contributed by atoms with Crippen molar-refractivity contribution in [1.82, 2.24) is 4.72 Å². The summed E-state index contributed by atoms with van der Waals surface area (Å²) in [4.78, 5) is 16.1. The monoisotopic (exact) mass is 437 g/mol. The first-order valence-electron chi connectivity index (χ1n) is 8.96. The van der Waals surface area contributed by atoms with Crippen molar-refractivity contribution in [3.05, 3.63) is 65.7 Å². The average Bonchev–Trinajstić information content (AvgIpc) is 3.18. The second-order valence-corrected chi connectivity index (χ2v) is 8.19. The summed E-state index contributed by atoms with van der Waals surface area (Å²) >= 11 is 0. The van der Waals surface area contributed by atoms with Gasteiger partial charge in [0.1, 0.15) is 5.84 Å². The lowest BCUT2D eigenvalue weighted by Gasteiger charge is -2.09. The van der Waals surface area contributed by atoms with Crippen LogP contribution >= 0.6 is 0 Å². The van der Waals surface area contributed by atoms with E-state index < -0.39 is 27.7 Å². The molecule has 10 heteroatoms. The Morgan fingerprint density at radius 3 is 2.47 bits per heavy atom. The van der Waals surface area contributed by atoms with Crippen LogP contribution in [0.5, 0.6) is 0 Å². The van der Waals surface area contributed by atoms with Crippen LogP contribution in [-0.2, 0) is 21.0 Å². The molecule has 0 saturated heterocycles. The number of aliphatic imine (C=N–C) groups is 1. The predicted molar refractivity (Wildman–Crippen MR) is 107 cm³/mol. The Morgan fingerprint density at radius 1 is 1.10 bits per heavy atom. The Kier molecular flexibility index (Phi) is 6.25. The minimum atomic E-state index is -4.43. The third-order valence-electron chi connectivity index (χ3n) is 4.20. The first-order valence-corrected chi connectivity index (χ1v) is 10.4. The van der Waals surface area contributed by atoms with Crippen molar-refractivity contribution in [2.24, 2.45) is 4.99 Å². The predicted octanol–water partition coefficient (Wildman–Crippen LogP) is 3.83. The number of hydrogen-bond donors (Lipinski definition) is 2. The molecule has 6 nitrogen and oxygen atoms in total. The molecule has 0 radical (unpaired) electrons. The largest absolute Gasteiger partial charge is 0.416 e. The van der Waals surface area contributed by atoms with Crippen LogP contribution in [0.2, 0.25) is 0 Å². The van der Waals surface area contributed by atoms with Gasteiger partial charge in [-0.2, -0.15) is 13.2 Å². The van der Waals surface area contributed by atoms with E-state index in [2.05, 4.69) is 15.0 Å². The average molecular weight is 437 g/mol. The van der Waals surface area contributed by atoms with E-state index in [1.807, 2.05) is 0 Å². The summed E-state index contributed by atoms with van der Waals surface area (Å²) in [6.45, 7) is 0.583. The number of rotatable bonds is 5. The van der Waals surface area contributed by atoms with Gasteiger partial charge in [-0.15, -0.1) is 0 Å². The summed E-state index contributed by atoms with van der Waals surface area (Å²) < 4.78 is 65.0. The van der Waals surface area contributed by atoms with Crippen molar-refractivity contribution in [1.29, 1.82) is 0 Å². The second-order valence-electron chi connectivity index (χ2n) is 6.51. The topological polar surface area (TPSA) is 87.6 Å². The van der Waals surface area contributed by atoms with Gasteiger partial charge in [-0.3, -0.25) is 14.5 Å². The molecule has 0 unspecified atom stereocenters. The number of anilines is 1. The van der Waals surface area contributed by atoms with E-state index in [1.54, 1.807) is 0 Å². The summed E-state index contributed by atoms with van der Waals surface area (Å²) in [5.41, 5.74) is -0.108. The summed E-state index contributed by atoms with van der Waals surface area (Å²) in [6, 6.07) is 10.1. The van der Waals surface area contributed by atoms with Crippen LogP contribution in [0.3, 0.4) is 0 Å². The van der Waals surface area contributed by atoms with Gasteiger partial charge in [-0.1, -0.05) is 18.2 Å². The first-order chi connectivity index (χ1) is 14.1. The van der Waals surface area contributed by atoms with Crippen molar-refractivity contribution in [2.45, 2.75) is 23.9 Å². The molecule has 0 spiro atoms. The number of carbonyl (C=O) groups excluding carboxylic acids is 1. The minimum absolute atomic E-state index is 0.0263. The number of nitrogens with one attached hydrogen (secondary N) is 2. The molecule has 1 heterocycles. The normalized spacial score (nSPS) is 14.6. The molecule has 0 aliphatic carbocycles. The third kappa shape index (κ3) is 5.69. The summed E-state index contributed by atoms with van der Waals surface area (Å²) in [6.07, 6.45) is -0.570. The summed E-state index contributed by atoms with van der Waals surface area (Å²) in [5, 5.41) is 2.53. The maximum Gasteiger partial charge on any atom is 0.416 e. The van der Waals surface area contributed by atoms with Gasteiger partial charge in [0.25, 0.3) is 10.0 Å². The molecule has 2 N–H and O–H groups in total. The van der Waals surface area contributed by atoms with E-state index in [0.29, 0.717) is 24.4 Å². The van der Waals surface area contributed by atoms with Gasteiger partial charge >= 0.3 is 6.18 Å². The van der Waals surface area contributed by atoms with Gasteiger partial charge in [-0.25, -0.2) is 8.42 Å². The van der Waals surface area contributed by atoms with Crippen molar-refractivity contribution < 1.29 is 26.4 Å².